The molecule has 1 aromatic carbocycles. The van der Waals surface area contributed by atoms with Crippen molar-refractivity contribution in [3.63, 3.8) is 0 Å². The zero-order valence-electron chi connectivity index (χ0n) is 27.0. The van der Waals surface area contributed by atoms with E-state index >= 15 is 0 Å². The molecule has 0 spiro atoms. The molecule has 1 aromatic heterocycles. The Hall–Kier alpha value is -3.58. The normalized spacial score (nSPS) is 21.4. The van der Waals surface area contributed by atoms with Crippen LogP contribution in [-0.4, -0.2) is 88.9 Å². The minimum atomic E-state index is -1.02. The summed E-state index contributed by atoms with van der Waals surface area (Å²) in [5.41, 5.74) is 0.172. The third kappa shape index (κ3) is 8.78. The molecule has 12 nitrogen and oxygen atoms in total. The molecule has 5 amide bonds. The fraction of sp³-hybridized carbons (Fsp3) is 0.625. The Kier molecular flexibility index (Phi) is 11.2. The summed E-state index contributed by atoms with van der Waals surface area (Å²) in [6.07, 6.45) is 1.29. The molecule has 2 aliphatic heterocycles. The molecule has 45 heavy (non-hydrogen) atoms. The Morgan fingerprint density at radius 1 is 1.16 bits per heavy atom. The molecule has 0 bridgehead atoms. The number of rotatable bonds is 12. The minimum absolute atomic E-state index is 0.117. The highest BCUT2D eigenvalue weighted by atomic mass is 32.1. The number of thiazole rings is 1. The molecule has 4 rings (SSSR count). The van der Waals surface area contributed by atoms with Gasteiger partial charge in [0.1, 0.15) is 12.1 Å². The molecule has 5 atom stereocenters. The Balaban J connectivity index is 1.58. The third-order valence-corrected chi connectivity index (χ3v) is 8.99. The van der Waals surface area contributed by atoms with Crippen LogP contribution in [0.15, 0.2) is 24.3 Å². The van der Waals surface area contributed by atoms with Gasteiger partial charge in [-0.2, -0.15) is 0 Å². The van der Waals surface area contributed by atoms with Crippen LogP contribution in [0.4, 0.5) is 4.79 Å². The van der Waals surface area contributed by atoms with Crippen molar-refractivity contribution in [3.8, 4) is 0 Å². The molecule has 2 saturated heterocycles. The highest BCUT2D eigenvalue weighted by Crippen LogP contribution is 2.27. The number of amides is 5. The van der Waals surface area contributed by atoms with Crippen LogP contribution in [0, 0.1) is 11.8 Å². The largest absolute Gasteiger partial charge is 0.376 e. The lowest BCUT2D eigenvalue weighted by Crippen LogP contribution is -2.59. The van der Waals surface area contributed by atoms with E-state index in [1.165, 1.54) is 16.2 Å². The molecule has 0 aliphatic carbocycles. The molecule has 2 fully saturated rings. The number of hydrogen-bond acceptors (Lipinski definition) is 8. The average molecular weight is 643 g/mol. The van der Waals surface area contributed by atoms with Crippen molar-refractivity contribution in [2.24, 2.45) is 11.8 Å². The number of carbonyl (C=O) groups is 5. The zero-order chi connectivity index (χ0) is 32.9. The van der Waals surface area contributed by atoms with E-state index in [4.69, 9.17) is 4.74 Å². The van der Waals surface area contributed by atoms with E-state index in [-0.39, 0.29) is 48.1 Å². The first-order valence-corrected chi connectivity index (χ1v) is 16.6. The van der Waals surface area contributed by atoms with E-state index in [9.17, 15) is 24.0 Å². The van der Waals surface area contributed by atoms with Crippen molar-refractivity contribution in [2.45, 2.75) is 97.0 Å². The van der Waals surface area contributed by atoms with E-state index in [1.54, 1.807) is 0 Å². The Labute approximate surface area is 268 Å². The number of nitrogens with zero attached hydrogens (tertiary/aromatic N) is 2. The number of hydrogen-bond donors (Lipinski definition) is 4. The van der Waals surface area contributed by atoms with Gasteiger partial charge >= 0.3 is 6.03 Å². The number of Topliss-reactive ketones (excluding diaryl/α,β-unsaturated/α-hetero) is 1. The number of benzene rings is 1. The summed E-state index contributed by atoms with van der Waals surface area (Å²) < 4.78 is 6.82. The van der Waals surface area contributed by atoms with Gasteiger partial charge in [0.25, 0.3) is 0 Å². The fourth-order valence-electron chi connectivity index (χ4n) is 5.69. The van der Waals surface area contributed by atoms with Crippen molar-refractivity contribution in [1.29, 1.82) is 0 Å². The molecule has 2 aliphatic rings. The predicted molar refractivity (Wildman–Crippen MR) is 172 cm³/mol. The summed E-state index contributed by atoms with van der Waals surface area (Å²) in [5.74, 6) is -2.15. The van der Waals surface area contributed by atoms with Gasteiger partial charge in [-0.25, -0.2) is 9.78 Å². The molecule has 3 heterocycles. The maximum atomic E-state index is 14.0. The molecule has 4 N–H and O–H groups in total. The van der Waals surface area contributed by atoms with Crippen LogP contribution < -0.4 is 21.3 Å². The van der Waals surface area contributed by atoms with Crippen LogP contribution in [0.25, 0.3) is 10.2 Å². The predicted octanol–water partition coefficient (Wildman–Crippen LogP) is 3.01. The number of nitrogens with one attached hydrogen (secondary N) is 4. The summed E-state index contributed by atoms with van der Waals surface area (Å²) in [5, 5.41) is 11.6. The van der Waals surface area contributed by atoms with Gasteiger partial charge in [0.15, 0.2) is 5.01 Å². The van der Waals surface area contributed by atoms with Crippen LogP contribution in [-0.2, 0) is 19.1 Å². The summed E-state index contributed by atoms with van der Waals surface area (Å²) >= 11 is 1.24. The number of ether oxygens (including phenoxy) is 1. The van der Waals surface area contributed by atoms with Crippen molar-refractivity contribution in [1.82, 2.24) is 31.2 Å². The first kappa shape index (κ1) is 34.3. The third-order valence-electron chi connectivity index (χ3n) is 7.93. The van der Waals surface area contributed by atoms with Gasteiger partial charge < -0.3 is 30.9 Å². The average Bonchev–Trinajstić information content (AvgIpc) is 3.71. The number of urea groups is 1. The minimum Gasteiger partial charge on any atom is -0.376 e. The molecule has 13 heteroatoms. The fourth-order valence-corrected chi connectivity index (χ4v) is 6.65. The number of para-hydroxylation sites is 1. The number of fused-ring (bicyclic) bond motifs is 1. The summed E-state index contributed by atoms with van der Waals surface area (Å²) in [7, 11) is 0. The van der Waals surface area contributed by atoms with Crippen molar-refractivity contribution < 1.29 is 28.7 Å². The van der Waals surface area contributed by atoms with E-state index in [1.807, 2.05) is 65.8 Å². The van der Waals surface area contributed by atoms with Gasteiger partial charge in [-0.3, -0.25) is 19.2 Å². The molecule has 2 aromatic rings. The van der Waals surface area contributed by atoms with Crippen LogP contribution in [0.5, 0.6) is 0 Å². The quantitative estimate of drug-likeness (QED) is 0.259. The number of carbonyl (C=O) groups excluding carboxylic acids is 5. The zero-order valence-corrected chi connectivity index (χ0v) is 27.8. The maximum Gasteiger partial charge on any atom is 0.315 e. The van der Waals surface area contributed by atoms with E-state index in [0.29, 0.717) is 25.1 Å². The molecule has 246 valence electrons. The second kappa shape index (κ2) is 14.7. The van der Waals surface area contributed by atoms with E-state index < -0.39 is 47.4 Å². The van der Waals surface area contributed by atoms with Gasteiger partial charge in [0.05, 0.1) is 22.4 Å². The summed E-state index contributed by atoms with van der Waals surface area (Å²) in [6.45, 7) is 12.3. The van der Waals surface area contributed by atoms with E-state index in [2.05, 4.69) is 26.3 Å². The van der Waals surface area contributed by atoms with Gasteiger partial charge in [-0.15, -0.1) is 11.3 Å². The molecular weight excluding hydrogens is 596 g/mol. The Bertz CT molecular complexity index is 1370. The van der Waals surface area contributed by atoms with Crippen molar-refractivity contribution in [2.75, 3.05) is 19.7 Å². The van der Waals surface area contributed by atoms with Gasteiger partial charge in [0, 0.05) is 37.6 Å². The molecule has 0 saturated carbocycles. The molecular formula is C32H46N6O6S. The molecule has 2 unspecified atom stereocenters. The molecule has 0 radical (unpaired) electrons. The smallest absolute Gasteiger partial charge is 0.315 e. The highest BCUT2D eigenvalue weighted by molar-refractivity contribution is 7.20. The number of aromatic nitrogens is 1. The van der Waals surface area contributed by atoms with Gasteiger partial charge in [0.2, 0.25) is 23.5 Å². The van der Waals surface area contributed by atoms with Crippen LogP contribution >= 0.6 is 11.3 Å². The number of likely N-dealkylation sites (tertiary alicyclic amines) is 1. The second-order valence-electron chi connectivity index (χ2n) is 13.2. The summed E-state index contributed by atoms with van der Waals surface area (Å²) in [4.78, 5) is 73.1. The SMILES string of the molecule is CCCO[C@@H]1C[C@@H](C(=O)N[C@@H](CC2CCNC2=O)C(=O)c2nc3ccccc3s2)N(C(=O)C(NC(=O)NC(C)(C)C)C(C)C)C1. The van der Waals surface area contributed by atoms with Crippen LogP contribution in [0.1, 0.15) is 77.0 Å². The lowest BCUT2D eigenvalue weighted by Gasteiger charge is -2.32. The van der Waals surface area contributed by atoms with Crippen molar-refractivity contribution in [3.05, 3.63) is 29.3 Å². The lowest BCUT2D eigenvalue weighted by molar-refractivity contribution is -0.141. The van der Waals surface area contributed by atoms with Crippen molar-refractivity contribution >= 4 is 51.1 Å². The maximum absolute atomic E-state index is 14.0. The summed E-state index contributed by atoms with van der Waals surface area (Å²) in [6, 6.07) is 4.08. The highest BCUT2D eigenvalue weighted by Gasteiger charge is 2.44. The first-order chi connectivity index (χ1) is 21.3. The Morgan fingerprint density at radius 3 is 2.51 bits per heavy atom. The first-order valence-electron chi connectivity index (χ1n) is 15.8. The Morgan fingerprint density at radius 2 is 1.89 bits per heavy atom. The van der Waals surface area contributed by atoms with E-state index in [0.717, 1.165) is 11.1 Å². The standard InChI is InChI=1S/C32H46N6O6S/c1-7-14-44-20-16-23(38(17-20)30(42)25(18(2)3)36-31(43)37-32(4,5)6)28(41)34-22(15-19-12-13-33-27(19)40)26(39)29-35-21-10-8-9-11-24(21)45-29/h8-11,18-20,22-23,25H,7,12-17H2,1-6H3,(H,33,40)(H,34,41)(H2,36,37,43)/t19?,20-,22+,23+,25?/m1/s1. The van der Waals surface area contributed by atoms with Gasteiger partial charge in [-0.1, -0.05) is 32.9 Å². The second-order valence-corrected chi connectivity index (χ2v) is 14.3. The van der Waals surface area contributed by atoms with Gasteiger partial charge in [-0.05, 0) is 58.1 Å². The van der Waals surface area contributed by atoms with Crippen LogP contribution in [0.3, 0.4) is 0 Å². The number of ketones is 1. The van der Waals surface area contributed by atoms with Crippen LogP contribution in [0.2, 0.25) is 0 Å². The lowest BCUT2D eigenvalue weighted by atomic mass is 9.95. The topological polar surface area (TPSA) is 159 Å². The monoisotopic (exact) mass is 642 g/mol.